The third kappa shape index (κ3) is 2.94. The van der Waals surface area contributed by atoms with Crippen LogP contribution < -0.4 is 0 Å². The smallest absolute Gasteiger partial charge is 0.135 e. The van der Waals surface area contributed by atoms with Crippen molar-refractivity contribution in [1.82, 2.24) is 0 Å². The quantitative estimate of drug-likeness (QED) is 0.838. The SMILES string of the molecule is OC(c1ccc(Br)c(Cl)c1)c1c(F)cc(F)cc1F. The van der Waals surface area contributed by atoms with Crippen LogP contribution in [0.25, 0.3) is 0 Å². The molecule has 1 N–H and O–H groups in total. The first kappa shape index (κ1) is 14.4. The minimum atomic E-state index is -1.56. The van der Waals surface area contributed by atoms with Crippen molar-refractivity contribution in [2.24, 2.45) is 0 Å². The molecule has 0 amide bonds. The Hall–Kier alpha value is -1.04. The molecule has 1 atom stereocenters. The third-order valence-corrected chi connectivity index (χ3v) is 3.81. The number of rotatable bonds is 2. The second-order valence-corrected chi connectivity index (χ2v) is 5.12. The topological polar surface area (TPSA) is 20.2 Å². The van der Waals surface area contributed by atoms with Crippen molar-refractivity contribution in [2.45, 2.75) is 6.10 Å². The molecule has 100 valence electrons. The molecule has 0 aromatic heterocycles. The van der Waals surface area contributed by atoms with Crippen LogP contribution in [0.15, 0.2) is 34.8 Å². The van der Waals surface area contributed by atoms with Gasteiger partial charge in [-0.3, -0.25) is 0 Å². The highest BCUT2D eigenvalue weighted by molar-refractivity contribution is 9.10. The summed E-state index contributed by atoms with van der Waals surface area (Å²) < 4.78 is 40.5. The Kier molecular flexibility index (Phi) is 4.18. The largest absolute Gasteiger partial charge is 0.383 e. The van der Waals surface area contributed by atoms with Gasteiger partial charge < -0.3 is 5.11 Å². The molecule has 0 heterocycles. The first-order valence-corrected chi connectivity index (χ1v) is 6.34. The van der Waals surface area contributed by atoms with Crippen molar-refractivity contribution in [1.29, 1.82) is 0 Å². The summed E-state index contributed by atoms with van der Waals surface area (Å²) in [6.45, 7) is 0. The molecule has 0 fully saturated rings. The summed E-state index contributed by atoms with van der Waals surface area (Å²) in [6, 6.07) is 5.41. The maximum atomic E-state index is 13.5. The van der Waals surface area contributed by atoms with E-state index in [1.807, 2.05) is 0 Å². The van der Waals surface area contributed by atoms with Crippen LogP contribution in [-0.4, -0.2) is 5.11 Å². The number of aliphatic hydroxyl groups is 1. The average molecular weight is 352 g/mol. The summed E-state index contributed by atoms with van der Waals surface area (Å²) in [7, 11) is 0. The lowest BCUT2D eigenvalue weighted by Gasteiger charge is -2.14. The Morgan fingerprint density at radius 2 is 1.63 bits per heavy atom. The summed E-state index contributed by atoms with van der Waals surface area (Å²) in [5.41, 5.74) is -0.405. The summed E-state index contributed by atoms with van der Waals surface area (Å²) in [5.74, 6) is -3.34. The fraction of sp³-hybridized carbons (Fsp3) is 0.0769. The van der Waals surface area contributed by atoms with Crippen LogP contribution in [0.3, 0.4) is 0 Å². The standard InChI is InChI=1S/C13H7BrClF3O/c14-8-2-1-6(3-9(8)15)13(19)12-10(17)4-7(16)5-11(12)18/h1-5,13,19H. The highest BCUT2D eigenvalue weighted by Gasteiger charge is 2.21. The first-order chi connectivity index (χ1) is 8.90. The minimum absolute atomic E-state index is 0.206. The summed E-state index contributed by atoms with van der Waals surface area (Å²) in [4.78, 5) is 0. The van der Waals surface area contributed by atoms with Crippen molar-refractivity contribution in [3.63, 3.8) is 0 Å². The molecule has 1 unspecified atom stereocenters. The molecule has 0 bridgehead atoms. The molecule has 2 aromatic carbocycles. The zero-order chi connectivity index (χ0) is 14.2. The normalized spacial score (nSPS) is 12.5. The van der Waals surface area contributed by atoms with Crippen molar-refractivity contribution >= 4 is 27.5 Å². The van der Waals surface area contributed by atoms with Crippen molar-refractivity contribution in [2.75, 3.05) is 0 Å². The zero-order valence-corrected chi connectivity index (χ0v) is 11.6. The fourth-order valence-electron chi connectivity index (χ4n) is 1.66. The number of benzene rings is 2. The molecule has 1 nitrogen and oxygen atoms in total. The van der Waals surface area contributed by atoms with E-state index >= 15 is 0 Å². The van der Waals surface area contributed by atoms with Gasteiger partial charge in [0.25, 0.3) is 0 Å². The van der Waals surface area contributed by atoms with Gasteiger partial charge in [0.05, 0.1) is 10.6 Å². The molecular weight excluding hydrogens is 344 g/mol. The molecule has 2 aromatic rings. The second-order valence-electron chi connectivity index (χ2n) is 3.86. The first-order valence-electron chi connectivity index (χ1n) is 5.17. The highest BCUT2D eigenvalue weighted by Crippen LogP contribution is 2.31. The Balaban J connectivity index is 2.49. The van der Waals surface area contributed by atoms with Crippen molar-refractivity contribution in [3.05, 3.63) is 68.4 Å². The Morgan fingerprint density at radius 3 is 2.16 bits per heavy atom. The Bertz CT molecular complexity index is 610. The maximum Gasteiger partial charge on any atom is 0.135 e. The average Bonchev–Trinajstić information content (AvgIpc) is 2.31. The number of aliphatic hydroxyl groups excluding tert-OH is 1. The summed E-state index contributed by atoms with van der Waals surface area (Å²) >= 11 is 9.01. The Labute approximate surface area is 120 Å². The number of halogens is 5. The molecule has 0 aliphatic heterocycles. The van der Waals surface area contributed by atoms with Crippen LogP contribution in [0.5, 0.6) is 0 Å². The van der Waals surface area contributed by atoms with E-state index in [1.165, 1.54) is 12.1 Å². The van der Waals surface area contributed by atoms with Crippen LogP contribution in [0.2, 0.25) is 5.02 Å². The molecule has 0 aliphatic carbocycles. The van der Waals surface area contributed by atoms with E-state index in [1.54, 1.807) is 6.07 Å². The molecule has 0 saturated heterocycles. The van der Waals surface area contributed by atoms with E-state index in [9.17, 15) is 18.3 Å². The maximum absolute atomic E-state index is 13.5. The van der Waals surface area contributed by atoms with Gasteiger partial charge in [0.2, 0.25) is 0 Å². The fourth-order valence-corrected chi connectivity index (χ4v) is 2.10. The lowest BCUT2D eigenvalue weighted by atomic mass is 10.0. The second kappa shape index (κ2) is 5.53. The number of hydrogen-bond acceptors (Lipinski definition) is 1. The van der Waals surface area contributed by atoms with Gasteiger partial charge in [0.1, 0.15) is 23.6 Å². The monoisotopic (exact) mass is 350 g/mol. The highest BCUT2D eigenvalue weighted by atomic mass is 79.9. The molecular formula is C13H7BrClF3O. The molecule has 2 rings (SSSR count). The molecule has 0 spiro atoms. The minimum Gasteiger partial charge on any atom is -0.383 e. The van der Waals surface area contributed by atoms with Crippen LogP contribution in [0.4, 0.5) is 13.2 Å². The van der Waals surface area contributed by atoms with Gasteiger partial charge >= 0.3 is 0 Å². The van der Waals surface area contributed by atoms with Crippen molar-refractivity contribution < 1.29 is 18.3 Å². The van der Waals surface area contributed by atoms with Gasteiger partial charge in [0.15, 0.2) is 0 Å². The van der Waals surface area contributed by atoms with E-state index in [0.29, 0.717) is 21.6 Å². The predicted molar refractivity (Wildman–Crippen MR) is 69.5 cm³/mol. The predicted octanol–water partition coefficient (Wildman–Crippen LogP) is 4.60. The van der Waals surface area contributed by atoms with Gasteiger partial charge in [0, 0.05) is 16.6 Å². The van der Waals surface area contributed by atoms with E-state index in [2.05, 4.69) is 15.9 Å². The molecule has 6 heteroatoms. The summed E-state index contributed by atoms with van der Waals surface area (Å²) in [5, 5.41) is 10.3. The van der Waals surface area contributed by atoms with Crippen LogP contribution >= 0.6 is 27.5 Å². The van der Waals surface area contributed by atoms with E-state index < -0.39 is 29.1 Å². The lowest BCUT2D eigenvalue weighted by molar-refractivity contribution is 0.208. The van der Waals surface area contributed by atoms with Gasteiger partial charge in [-0.05, 0) is 33.6 Å². The number of hydrogen-bond donors (Lipinski definition) is 1. The van der Waals surface area contributed by atoms with E-state index in [0.717, 1.165) is 0 Å². The molecule has 0 aliphatic rings. The van der Waals surface area contributed by atoms with Gasteiger partial charge in [-0.25, -0.2) is 13.2 Å². The molecule has 0 saturated carbocycles. The molecule has 0 radical (unpaired) electrons. The summed E-state index contributed by atoms with van der Waals surface area (Å²) in [6.07, 6.45) is -1.56. The van der Waals surface area contributed by atoms with Crippen molar-refractivity contribution in [3.8, 4) is 0 Å². The van der Waals surface area contributed by atoms with Gasteiger partial charge in [-0.15, -0.1) is 0 Å². The van der Waals surface area contributed by atoms with Crippen LogP contribution in [0.1, 0.15) is 17.2 Å². The van der Waals surface area contributed by atoms with Crippen LogP contribution in [-0.2, 0) is 0 Å². The van der Waals surface area contributed by atoms with E-state index in [4.69, 9.17) is 11.6 Å². The Morgan fingerprint density at radius 1 is 1.05 bits per heavy atom. The van der Waals surface area contributed by atoms with Gasteiger partial charge in [-0.2, -0.15) is 0 Å². The molecule has 19 heavy (non-hydrogen) atoms. The third-order valence-electron chi connectivity index (χ3n) is 2.58. The van der Waals surface area contributed by atoms with Crippen LogP contribution in [0, 0.1) is 17.5 Å². The van der Waals surface area contributed by atoms with Gasteiger partial charge in [-0.1, -0.05) is 17.7 Å². The van der Waals surface area contributed by atoms with E-state index in [-0.39, 0.29) is 5.56 Å². The lowest BCUT2D eigenvalue weighted by Crippen LogP contribution is -2.06. The zero-order valence-electron chi connectivity index (χ0n) is 9.30.